The van der Waals surface area contributed by atoms with Gasteiger partial charge in [-0.25, -0.2) is 0 Å². The van der Waals surface area contributed by atoms with Crippen molar-refractivity contribution in [1.82, 2.24) is 15.2 Å². The summed E-state index contributed by atoms with van der Waals surface area (Å²) in [5.41, 5.74) is 6.90. The van der Waals surface area contributed by atoms with Gasteiger partial charge in [0.25, 0.3) is 11.5 Å². The summed E-state index contributed by atoms with van der Waals surface area (Å²) in [6.07, 6.45) is 4.80. The van der Waals surface area contributed by atoms with Crippen LogP contribution in [0.2, 0.25) is 0 Å². The summed E-state index contributed by atoms with van der Waals surface area (Å²) in [5, 5.41) is 3.01. The van der Waals surface area contributed by atoms with E-state index in [9.17, 15) is 9.59 Å². The Kier molecular flexibility index (Phi) is 8.12. The quantitative estimate of drug-likeness (QED) is 0.444. The van der Waals surface area contributed by atoms with Crippen molar-refractivity contribution >= 4 is 11.6 Å². The van der Waals surface area contributed by atoms with E-state index in [0.29, 0.717) is 29.5 Å². The van der Waals surface area contributed by atoms with Gasteiger partial charge in [0.05, 0.1) is 31.0 Å². The molecule has 0 atom stereocenters. The predicted molar refractivity (Wildman–Crippen MR) is 161 cm³/mol. The third-order valence-corrected chi connectivity index (χ3v) is 8.68. The van der Waals surface area contributed by atoms with Crippen LogP contribution in [-0.4, -0.2) is 61.3 Å². The number of rotatable bonds is 7. The summed E-state index contributed by atoms with van der Waals surface area (Å²) in [5.74, 6) is 0.405. The molecule has 3 aromatic rings. The molecule has 0 radical (unpaired) electrons. The molecule has 1 aromatic heterocycles. The van der Waals surface area contributed by atoms with Gasteiger partial charge in [0.1, 0.15) is 6.61 Å². The molecule has 2 fully saturated rings. The van der Waals surface area contributed by atoms with Crippen molar-refractivity contribution in [2.45, 2.75) is 58.7 Å². The number of nitrogens with zero attached hydrogens (tertiary/aromatic N) is 2. The smallest absolute Gasteiger partial charge is 0.255 e. The van der Waals surface area contributed by atoms with Crippen LogP contribution in [0.15, 0.2) is 47.3 Å². The van der Waals surface area contributed by atoms with Gasteiger partial charge in [-0.05, 0) is 67.1 Å². The van der Waals surface area contributed by atoms with Gasteiger partial charge in [0.15, 0.2) is 5.75 Å². The molecule has 2 N–H and O–H groups in total. The van der Waals surface area contributed by atoms with E-state index in [1.807, 2.05) is 26.0 Å². The number of hydrogen-bond acceptors (Lipinski definition) is 6. The number of pyridine rings is 1. The van der Waals surface area contributed by atoms with Crippen molar-refractivity contribution in [3.05, 3.63) is 80.8 Å². The summed E-state index contributed by atoms with van der Waals surface area (Å²) in [7, 11) is 0. The summed E-state index contributed by atoms with van der Waals surface area (Å²) in [6, 6.07) is 15.2. The molecule has 8 nitrogen and oxygen atoms in total. The lowest BCUT2D eigenvalue weighted by Gasteiger charge is -2.37. The number of hydrogen-bond donors (Lipinski definition) is 2. The Bertz CT molecular complexity index is 1450. The second-order valence-electron chi connectivity index (χ2n) is 11.6. The highest BCUT2D eigenvalue weighted by Crippen LogP contribution is 2.42. The average Bonchev–Trinajstić information content (AvgIpc) is 3.51. The molecule has 3 aliphatic rings. The van der Waals surface area contributed by atoms with Gasteiger partial charge in [-0.3, -0.25) is 14.5 Å². The van der Waals surface area contributed by atoms with Crippen molar-refractivity contribution in [1.29, 1.82) is 0 Å². The van der Waals surface area contributed by atoms with E-state index in [1.165, 1.54) is 18.4 Å². The van der Waals surface area contributed by atoms with Crippen molar-refractivity contribution in [3.8, 4) is 16.9 Å². The standard InChI is InChI=1S/C33H40N4O4/c1-22-17-23(2)35-33(39)29(22)20-34-32(38)28-18-26(19-30-31(28)41-16-13-37(30)27-5-3-4-6-27)25-9-7-24(8-10-25)21-36-11-14-40-15-12-36/h7-10,17-19,27H,3-6,11-16,20-21H2,1-2H3,(H,34,38)(H,35,39). The van der Waals surface area contributed by atoms with Gasteiger partial charge in [-0.1, -0.05) is 37.1 Å². The molecular weight excluding hydrogens is 516 g/mol. The first kappa shape index (κ1) is 27.5. The first-order chi connectivity index (χ1) is 20.0. The summed E-state index contributed by atoms with van der Waals surface area (Å²) in [4.78, 5) is 34.0. The second-order valence-corrected chi connectivity index (χ2v) is 11.6. The van der Waals surface area contributed by atoms with Gasteiger partial charge < -0.3 is 24.7 Å². The molecule has 3 heterocycles. The molecule has 8 heteroatoms. The van der Waals surface area contributed by atoms with E-state index < -0.39 is 0 Å². The molecule has 41 heavy (non-hydrogen) atoms. The number of fused-ring (bicyclic) bond motifs is 1. The first-order valence-corrected chi connectivity index (χ1v) is 14.9. The number of aromatic nitrogens is 1. The largest absolute Gasteiger partial charge is 0.489 e. The van der Waals surface area contributed by atoms with Crippen LogP contribution in [0, 0.1) is 13.8 Å². The Morgan fingerprint density at radius 1 is 0.976 bits per heavy atom. The number of amides is 1. The topological polar surface area (TPSA) is 86.9 Å². The molecule has 1 amide bonds. The molecule has 1 saturated heterocycles. The minimum atomic E-state index is -0.236. The van der Waals surface area contributed by atoms with Crippen LogP contribution in [0.25, 0.3) is 11.1 Å². The Morgan fingerprint density at radius 2 is 1.73 bits per heavy atom. The third kappa shape index (κ3) is 6.04. The fourth-order valence-corrected chi connectivity index (χ4v) is 6.46. The van der Waals surface area contributed by atoms with E-state index >= 15 is 0 Å². The van der Waals surface area contributed by atoms with E-state index in [-0.39, 0.29) is 18.0 Å². The Labute approximate surface area is 241 Å². The second kappa shape index (κ2) is 12.1. The van der Waals surface area contributed by atoms with Crippen LogP contribution in [0.3, 0.4) is 0 Å². The number of aromatic amines is 1. The number of benzene rings is 2. The molecule has 0 spiro atoms. The van der Waals surface area contributed by atoms with Gasteiger partial charge in [-0.2, -0.15) is 0 Å². The van der Waals surface area contributed by atoms with Gasteiger partial charge >= 0.3 is 0 Å². The minimum absolute atomic E-state index is 0.155. The van der Waals surface area contributed by atoms with Gasteiger partial charge in [0.2, 0.25) is 0 Å². The maximum absolute atomic E-state index is 13.7. The minimum Gasteiger partial charge on any atom is -0.489 e. The van der Waals surface area contributed by atoms with E-state index in [0.717, 1.165) is 80.3 Å². The lowest BCUT2D eigenvalue weighted by molar-refractivity contribution is 0.0342. The van der Waals surface area contributed by atoms with E-state index in [2.05, 4.69) is 50.4 Å². The zero-order valence-electron chi connectivity index (χ0n) is 24.1. The number of anilines is 1. The normalized spacial score (nSPS) is 17.8. The van der Waals surface area contributed by atoms with Crippen LogP contribution < -0.4 is 20.5 Å². The van der Waals surface area contributed by atoms with Crippen LogP contribution in [-0.2, 0) is 17.8 Å². The van der Waals surface area contributed by atoms with Gasteiger partial charge in [0, 0.05) is 43.5 Å². The first-order valence-electron chi connectivity index (χ1n) is 14.9. The molecule has 2 aromatic carbocycles. The summed E-state index contributed by atoms with van der Waals surface area (Å²) < 4.78 is 11.7. The van der Waals surface area contributed by atoms with Crippen LogP contribution in [0.4, 0.5) is 5.69 Å². The maximum Gasteiger partial charge on any atom is 0.255 e. The zero-order valence-corrected chi connectivity index (χ0v) is 24.1. The Balaban J connectivity index is 1.31. The highest BCUT2D eigenvalue weighted by atomic mass is 16.5. The lowest BCUT2D eigenvalue weighted by Crippen LogP contribution is -2.40. The number of carbonyl (C=O) groups excluding carboxylic acids is 1. The van der Waals surface area contributed by atoms with Crippen molar-refractivity contribution in [2.24, 2.45) is 0 Å². The number of aryl methyl sites for hydroxylation is 2. The predicted octanol–water partition coefficient (Wildman–Crippen LogP) is 4.56. The number of ether oxygens (including phenoxy) is 2. The number of H-pyrrole nitrogens is 1. The van der Waals surface area contributed by atoms with E-state index in [1.54, 1.807) is 0 Å². The molecule has 216 valence electrons. The highest BCUT2D eigenvalue weighted by molar-refractivity contribution is 6.01. The highest BCUT2D eigenvalue weighted by Gasteiger charge is 2.31. The van der Waals surface area contributed by atoms with Crippen molar-refractivity contribution in [2.75, 3.05) is 44.4 Å². The number of nitrogens with one attached hydrogen (secondary N) is 2. The average molecular weight is 557 g/mol. The molecule has 6 rings (SSSR count). The monoisotopic (exact) mass is 556 g/mol. The van der Waals surface area contributed by atoms with Crippen LogP contribution in [0.5, 0.6) is 5.75 Å². The molecule has 0 bridgehead atoms. The Hall–Kier alpha value is -3.62. The number of carbonyl (C=O) groups is 1. The fraction of sp³-hybridized carbons (Fsp3) is 0.455. The molecule has 1 aliphatic carbocycles. The van der Waals surface area contributed by atoms with Crippen LogP contribution >= 0.6 is 0 Å². The molecule has 2 aliphatic heterocycles. The SMILES string of the molecule is Cc1cc(C)c(CNC(=O)c2cc(-c3ccc(CN4CCOCC4)cc3)cc3c2OCCN3C2CCCC2)c(=O)[nH]1. The lowest BCUT2D eigenvalue weighted by atomic mass is 9.97. The Morgan fingerprint density at radius 3 is 2.46 bits per heavy atom. The summed E-state index contributed by atoms with van der Waals surface area (Å²) >= 11 is 0. The van der Waals surface area contributed by atoms with Gasteiger partial charge in [-0.15, -0.1) is 0 Å². The van der Waals surface area contributed by atoms with Crippen LogP contribution in [0.1, 0.15) is 58.4 Å². The van der Waals surface area contributed by atoms with Crippen molar-refractivity contribution < 1.29 is 14.3 Å². The third-order valence-electron chi connectivity index (χ3n) is 8.68. The summed E-state index contributed by atoms with van der Waals surface area (Å²) in [6.45, 7) is 9.67. The van der Waals surface area contributed by atoms with Crippen molar-refractivity contribution in [3.63, 3.8) is 0 Å². The number of morpholine rings is 1. The zero-order chi connectivity index (χ0) is 28.3. The molecule has 1 saturated carbocycles. The maximum atomic E-state index is 13.7. The van der Waals surface area contributed by atoms with E-state index in [4.69, 9.17) is 9.47 Å². The molecule has 0 unspecified atom stereocenters. The fourth-order valence-electron chi connectivity index (χ4n) is 6.46. The molecular formula is C33H40N4O4.